The van der Waals surface area contributed by atoms with Crippen LogP contribution in [-0.2, 0) is 5.60 Å². The molecule has 98 valence electrons. The maximum absolute atomic E-state index is 11.0. The summed E-state index contributed by atoms with van der Waals surface area (Å²) >= 11 is 0. The van der Waals surface area contributed by atoms with Gasteiger partial charge in [0.2, 0.25) is 0 Å². The zero-order chi connectivity index (χ0) is 12.9. The largest absolute Gasteiger partial charge is 0.384 e. The van der Waals surface area contributed by atoms with Gasteiger partial charge in [0.1, 0.15) is 5.60 Å². The number of rotatable bonds is 2. The summed E-state index contributed by atoms with van der Waals surface area (Å²) in [6.07, 6.45) is 3.49. The molecule has 1 aromatic carbocycles. The number of hydrogen-bond acceptors (Lipinski definition) is 2. The first-order chi connectivity index (χ1) is 8.49. The van der Waals surface area contributed by atoms with Crippen molar-refractivity contribution in [2.24, 2.45) is 0 Å². The summed E-state index contributed by atoms with van der Waals surface area (Å²) < 4.78 is 0. The van der Waals surface area contributed by atoms with Crippen molar-refractivity contribution in [3.05, 3.63) is 34.9 Å². The molecule has 1 heterocycles. The lowest BCUT2D eigenvalue weighted by molar-refractivity contribution is 0.0445. The Morgan fingerprint density at radius 2 is 2.00 bits per heavy atom. The van der Waals surface area contributed by atoms with Crippen LogP contribution >= 0.6 is 0 Å². The summed E-state index contributed by atoms with van der Waals surface area (Å²) in [5, 5.41) is 11.0. The van der Waals surface area contributed by atoms with E-state index in [0.29, 0.717) is 6.04 Å². The molecule has 1 aromatic rings. The lowest BCUT2D eigenvalue weighted by atomic mass is 9.87. The molecular formula is C16H23NO. The van der Waals surface area contributed by atoms with Crippen molar-refractivity contribution < 1.29 is 5.11 Å². The quantitative estimate of drug-likeness (QED) is 0.866. The van der Waals surface area contributed by atoms with Gasteiger partial charge in [-0.25, -0.2) is 0 Å². The molecule has 3 rings (SSSR count). The zero-order valence-corrected chi connectivity index (χ0v) is 11.6. The van der Waals surface area contributed by atoms with E-state index < -0.39 is 5.60 Å². The number of benzene rings is 1. The van der Waals surface area contributed by atoms with Gasteiger partial charge in [0.25, 0.3) is 0 Å². The Morgan fingerprint density at radius 3 is 2.67 bits per heavy atom. The topological polar surface area (TPSA) is 23.5 Å². The van der Waals surface area contributed by atoms with Gasteiger partial charge in [-0.1, -0.05) is 23.8 Å². The molecule has 0 aromatic heterocycles. The highest BCUT2D eigenvalue weighted by Gasteiger charge is 2.47. The summed E-state index contributed by atoms with van der Waals surface area (Å²) in [7, 11) is 0. The second-order valence-corrected chi connectivity index (χ2v) is 6.31. The predicted octanol–water partition coefficient (Wildman–Crippen LogP) is 2.75. The van der Waals surface area contributed by atoms with Crippen LogP contribution in [0, 0.1) is 13.8 Å². The van der Waals surface area contributed by atoms with E-state index in [9.17, 15) is 5.11 Å². The molecule has 18 heavy (non-hydrogen) atoms. The molecule has 0 amide bonds. The van der Waals surface area contributed by atoms with E-state index >= 15 is 0 Å². The van der Waals surface area contributed by atoms with Crippen LogP contribution in [0.1, 0.15) is 42.9 Å². The minimum atomic E-state index is -0.641. The van der Waals surface area contributed by atoms with Crippen molar-refractivity contribution in [1.82, 2.24) is 4.90 Å². The van der Waals surface area contributed by atoms with Gasteiger partial charge in [-0.05, 0) is 51.2 Å². The molecule has 2 aliphatic rings. The zero-order valence-electron chi connectivity index (χ0n) is 11.6. The molecule has 1 N–H and O–H groups in total. The van der Waals surface area contributed by atoms with E-state index in [4.69, 9.17) is 0 Å². The fraction of sp³-hybridized carbons (Fsp3) is 0.625. The number of β-amino-alcohol motifs (C(OH)–C–C–N with tert-alkyl or cyclic N) is 1. The van der Waals surface area contributed by atoms with Crippen LogP contribution in [0.5, 0.6) is 0 Å². The number of likely N-dealkylation sites (tertiary alicyclic amines) is 1. The van der Waals surface area contributed by atoms with Gasteiger partial charge < -0.3 is 5.11 Å². The molecule has 2 unspecified atom stereocenters. The van der Waals surface area contributed by atoms with Gasteiger partial charge in [-0.2, -0.15) is 0 Å². The van der Waals surface area contributed by atoms with Gasteiger partial charge in [0, 0.05) is 18.6 Å². The van der Waals surface area contributed by atoms with Gasteiger partial charge in [-0.15, -0.1) is 0 Å². The van der Waals surface area contributed by atoms with Gasteiger partial charge in [0.05, 0.1) is 0 Å². The lowest BCUT2D eigenvalue weighted by Crippen LogP contribution is -2.33. The van der Waals surface area contributed by atoms with E-state index in [-0.39, 0.29) is 0 Å². The summed E-state index contributed by atoms with van der Waals surface area (Å²) in [6, 6.07) is 7.66. The maximum atomic E-state index is 11.0. The molecule has 1 aliphatic heterocycles. The summed E-state index contributed by atoms with van der Waals surface area (Å²) in [4.78, 5) is 2.50. The standard InChI is InChI=1S/C16H23NO/c1-11-4-5-12(2)15(8-11)16(18)9-13(3)17(10-16)14-6-7-14/h4-5,8,13-14,18H,6-7,9-10H2,1-3H3. The molecule has 1 saturated heterocycles. The van der Waals surface area contributed by atoms with E-state index in [1.807, 2.05) is 0 Å². The van der Waals surface area contributed by atoms with Crippen molar-refractivity contribution in [2.45, 2.75) is 57.7 Å². The molecule has 1 saturated carbocycles. The van der Waals surface area contributed by atoms with Crippen LogP contribution in [-0.4, -0.2) is 28.6 Å². The number of nitrogens with zero attached hydrogens (tertiary/aromatic N) is 1. The highest BCUT2D eigenvalue weighted by molar-refractivity contribution is 5.36. The Morgan fingerprint density at radius 1 is 1.28 bits per heavy atom. The van der Waals surface area contributed by atoms with Crippen LogP contribution in [0.15, 0.2) is 18.2 Å². The van der Waals surface area contributed by atoms with Crippen molar-refractivity contribution in [3.8, 4) is 0 Å². The molecule has 2 nitrogen and oxygen atoms in total. The first kappa shape index (κ1) is 12.2. The number of hydrogen-bond donors (Lipinski definition) is 1. The van der Waals surface area contributed by atoms with Gasteiger partial charge >= 0.3 is 0 Å². The molecule has 2 atom stereocenters. The Bertz CT molecular complexity index is 466. The fourth-order valence-corrected chi connectivity index (χ4v) is 3.46. The Balaban J connectivity index is 1.93. The first-order valence-electron chi connectivity index (χ1n) is 7.05. The Kier molecular flexibility index (Phi) is 2.76. The maximum Gasteiger partial charge on any atom is 0.104 e. The van der Waals surface area contributed by atoms with E-state index in [2.05, 4.69) is 43.9 Å². The highest BCUT2D eigenvalue weighted by atomic mass is 16.3. The van der Waals surface area contributed by atoms with Crippen molar-refractivity contribution in [2.75, 3.05) is 6.54 Å². The third kappa shape index (κ3) is 1.98. The summed E-state index contributed by atoms with van der Waals surface area (Å²) in [5.74, 6) is 0. The molecule has 1 aliphatic carbocycles. The van der Waals surface area contributed by atoms with Gasteiger partial charge in [0.15, 0.2) is 0 Å². The van der Waals surface area contributed by atoms with Crippen LogP contribution in [0.4, 0.5) is 0 Å². The van der Waals surface area contributed by atoms with Crippen molar-refractivity contribution in [3.63, 3.8) is 0 Å². The average molecular weight is 245 g/mol. The van der Waals surface area contributed by atoms with Crippen LogP contribution < -0.4 is 0 Å². The Hall–Kier alpha value is -0.860. The van der Waals surface area contributed by atoms with Crippen molar-refractivity contribution >= 4 is 0 Å². The summed E-state index contributed by atoms with van der Waals surface area (Å²) in [5.41, 5.74) is 2.95. The fourth-order valence-electron chi connectivity index (χ4n) is 3.46. The SMILES string of the molecule is Cc1ccc(C)c(C2(O)CC(C)N(C3CC3)C2)c1. The van der Waals surface area contributed by atoms with Gasteiger partial charge in [-0.3, -0.25) is 4.90 Å². The third-order valence-electron chi connectivity index (χ3n) is 4.55. The van der Waals surface area contributed by atoms with Crippen LogP contribution in [0.25, 0.3) is 0 Å². The number of aryl methyl sites for hydroxylation is 2. The molecular weight excluding hydrogens is 222 g/mol. The average Bonchev–Trinajstić information content (AvgIpc) is 3.09. The third-order valence-corrected chi connectivity index (χ3v) is 4.55. The molecule has 0 spiro atoms. The minimum Gasteiger partial charge on any atom is -0.384 e. The number of aliphatic hydroxyl groups is 1. The second kappa shape index (κ2) is 4.07. The molecule has 2 heteroatoms. The predicted molar refractivity (Wildman–Crippen MR) is 73.6 cm³/mol. The molecule has 0 bridgehead atoms. The van der Waals surface area contributed by atoms with Crippen LogP contribution in [0.3, 0.4) is 0 Å². The lowest BCUT2D eigenvalue weighted by Gasteiger charge is -2.26. The highest BCUT2D eigenvalue weighted by Crippen LogP contribution is 2.42. The first-order valence-corrected chi connectivity index (χ1v) is 7.05. The van der Waals surface area contributed by atoms with Crippen LogP contribution in [0.2, 0.25) is 0 Å². The smallest absolute Gasteiger partial charge is 0.104 e. The monoisotopic (exact) mass is 245 g/mol. The van der Waals surface area contributed by atoms with E-state index in [1.54, 1.807) is 0 Å². The normalized spacial score (nSPS) is 33.0. The Labute approximate surface area is 110 Å². The van der Waals surface area contributed by atoms with Crippen molar-refractivity contribution in [1.29, 1.82) is 0 Å². The molecule has 2 fully saturated rings. The van der Waals surface area contributed by atoms with E-state index in [1.165, 1.54) is 24.0 Å². The molecule has 0 radical (unpaired) electrons. The summed E-state index contributed by atoms with van der Waals surface area (Å²) in [6.45, 7) is 7.27. The second-order valence-electron chi connectivity index (χ2n) is 6.31. The van der Waals surface area contributed by atoms with E-state index in [0.717, 1.165) is 24.6 Å². The minimum absolute atomic E-state index is 0.502.